The van der Waals surface area contributed by atoms with E-state index in [1.807, 2.05) is 24.3 Å². The smallest absolute Gasteiger partial charge is 0.202 e. The van der Waals surface area contributed by atoms with Crippen LogP contribution in [0.2, 0.25) is 0 Å². The normalized spacial score (nSPS) is 11.3. The molecule has 0 saturated heterocycles. The van der Waals surface area contributed by atoms with Gasteiger partial charge in [0.15, 0.2) is 6.20 Å². The van der Waals surface area contributed by atoms with Crippen molar-refractivity contribution in [3.05, 3.63) is 108 Å². The Balaban J connectivity index is 0.00000387. The molecule has 0 fully saturated rings. The molecule has 0 aliphatic rings. The number of benzene rings is 3. The molecule has 41 heavy (non-hydrogen) atoms. The Labute approximate surface area is 254 Å². The summed E-state index contributed by atoms with van der Waals surface area (Å²) in [5.74, 6) is 1.52. The molecule has 0 bridgehead atoms. The molecule has 2 heterocycles. The van der Waals surface area contributed by atoms with E-state index in [9.17, 15) is 0 Å². The first-order valence-electron chi connectivity index (χ1n) is 14.4. The molecular formula is C35H41BrN2O3. The van der Waals surface area contributed by atoms with Crippen LogP contribution in [0.1, 0.15) is 37.1 Å². The average molecular weight is 618 g/mol. The van der Waals surface area contributed by atoms with Crippen molar-refractivity contribution in [2.24, 2.45) is 5.92 Å². The number of aryl methyl sites for hydroxylation is 2. The fraction of sp³-hybridized carbons (Fsp3) is 0.343. The van der Waals surface area contributed by atoms with Gasteiger partial charge in [0.25, 0.3) is 0 Å². The minimum absolute atomic E-state index is 0. The van der Waals surface area contributed by atoms with E-state index in [0.717, 1.165) is 25.3 Å². The first-order chi connectivity index (χ1) is 19.6. The maximum Gasteiger partial charge on any atom is 0.202 e. The molecule has 5 aromatic rings. The molecule has 216 valence electrons. The van der Waals surface area contributed by atoms with Crippen molar-refractivity contribution in [2.45, 2.75) is 53.5 Å². The van der Waals surface area contributed by atoms with E-state index in [4.69, 9.17) is 14.2 Å². The maximum absolute atomic E-state index is 6.13. The van der Waals surface area contributed by atoms with Crippen LogP contribution < -0.4 is 26.3 Å². The molecule has 0 amide bonds. The zero-order valence-electron chi connectivity index (χ0n) is 24.4. The highest BCUT2D eigenvalue weighted by atomic mass is 79.9. The first-order valence-corrected chi connectivity index (χ1v) is 14.4. The quantitative estimate of drug-likeness (QED) is 0.138. The number of hydrogen-bond acceptors (Lipinski definition) is 3. The van der Waals surface area contributed by atoms with Crippen LogP contribution in [0.25, 0.3) is 21.8 Å². The standard InChI is InChI=1S/C35H41N2O3.BrH/c1-27(2)16-18-36-19-17-33-32-15-14-31(40-23-22-39-26-30-12-8-5-9-13-30)24-34(32)37(35(33)28(36)3)20-21-38-25-29-10-6-4-7-11-29;/h4-15,17,19,24,27H,16,18,20-23,25-26H2,1-3H3;1H/q+1;/p-1. The van der Waals surface area contributed by atoms with Crippen molar-refractivity contribution in [1.29, 1.82) is 0 Å². The maximum atomic E-state index is 6.13. The molecule has 0 N–H and O–H groups in total. The van der Waals surface area contributed by atoms with Crippen LogP contribution in [0.15, 0.2) is 91.1 Å². The van der Waals surface area contributed by atoms with Gasteiger partial charge in [0.2, 0.25) is 5.69 Å². The Bertz CT molecular complexity index is 1520. The number of pyridine rings is 1. The second-order valence-electron chi connectivity index (χ2n) is 10.8. The van der Waals surface area contributed by atoms with E-state index in [1.54, 1.807) is 0 Å². The summed E-state index contributed by atoms with van der Waals surface area (Å²) in [5.41, 5.74) is 6.09. The van der Waals surface area contributed by atoms with Gasteiger partial charge in [-0.1, -0.05) is 74.5 Å². The SMILES string of the molecule is Cc1c2c(cc[n+]1CCC(C)C)c1ccc(OCCOCc3ccccc3)cc1n2CCOCc1ccccc1.[Br-]. The van der Waals surface area contributed by atoms with Crippen LogP contribution in [0.3, 0.4) is 0 Å². The monoisotopic (exact) mass is 616 g/mol. The van der Waals surface area contributed by atoms with E-state index in [1.165, 1.54) is 38.6 Å². The van der Waals surface area contributed by atoms with Crippen molar-refractivity contribution in [2.75, 3.05) is 19.8 Å². The molecule has 5 rings (SSSR count). The van der Waals surface area contributed by atoms with Crippen molar-refractivity contribution in [3.8, 4) is 5.75 Å². The van der Waals surface area contributed by atoms with Gasteiger partial charge in [-0.05, 0) is 29.2 Å². The lowest BCUT2D eigenvalue weighted by Gasteiger charge is -2.11. The minimum atomic E-state index is 0. The zero-order valence-corrected chi connectivity index (χ0v) is 26.0. The summed E-state index contributed by atoms with van der Waals surface area (Å²) < 4.78 is 22.9. The number of nitrogens with zero attached hydrogens (tertiary/aromatic N) is 2. The van der Waals surface area contributed by atoms with E-state index < -0.39 is 0 Å². The van der Waals surface area contributed by atoms with Gasteiger partial charge in [0, 0.05) is 42.8 Å². The number of aromatic nitrogens is 2. The Morgan fingerprint density at radius 3 is 2.07 bits per heavy atom. The summed E-state index contributed by atoms with van der Waals surface area (Å²) in [6, 6.07) is 29.3. The lowest BCUT2D eigenvalue weighted by Crippen LogP contribution is -3.00. The third kappa shape index (κ3) is 7.97. The lowest BCUT2D eigenvalue weighted by atomic mass is 10.1. The average Bonchev–Trinajstić information content (AvgIpc) is 3.29. The molecule has 2 aromatic heterocycles. The van der Waals surface area contributed by atoms with Gasteiger partial charge < -0.3 is 35.8 Å². The summed E-state index contributed by atoms with van der Waals surface area (Å²) in [7, 11) is 0. The second kappa shape index (κ2) is 15.2. The third-order valence-corrected chi connectivity index (χ3v) is 7.40. The molecule has 3 aromatic carbocycles. The van der Waals surface area contributed by atoms with E-state index in [-0.39, 0.29) is 17.0 Å². The van der Waals surface area contributed by atoms with Gasteiger partial charge >= 0.3 is 0 Å². The summed E-state index contributed by atoms with van der Waals surface area (Å²) in [6.45, 7) is 11.5. The van der Waals surface area contributed by atoms with Gasteiger partial charge in [-0.3, -0.25) is 0 Å². The summed E-state index contributed by atoms with van der Waals surface area (Å²) in [6.07, 6.45) is 3.39. The molecule has 0 radical (unpaired) electrons. The molecule has 0 aliphatic heterocycles. The van der Waals surface area contributed by atoms with Crippen LogP contribution in [-0.4, -0.2) is 24.4 Å². The number of ether oxygens (including phenoxy) is 3. The minimum Gasteiger partial charge on any atom is -1.00 e. The molecule has 0 atom stereocenters. The van der Waals surface area contributed by atoms with Crippen molar-refractivity contribution in [1.82, 2.24) is 4.57 Å². The van der Waals surface area contributed by atoms with Crippen molar-refractivity contribution in [3.63, 3.8) is 0 Å². The van der Waals surface area contributed by atoms with E-state index in [2.05, 4.69) is 96.8 Å². The number of rotatable bonds is 14. The zero-order chi connectivity index (χ0) is 27.7. The highest BCUT2D eigenvalue weighted by Crippen LogP contribution is 2.32. The van der Waals surface area contributed by atoms with E-state index in [0.29, 0.717) is 39.0 Å². The second-order valence-corrected chi connectivity index (χ2v) is 10.8. The van der Waals surface area contributed by atoms with E-state index >= 15 is 0 Å². The molecule has 0 saturated carbocycles. The molecule has 5 nitrogen and oxygen atoms in total. The highest BCUT2D eigenvalue weighted by molar-refractivity contribution is 6.08. The van der Waals surface area contributed by atoms with Gasteiger partial charge in [-0.2, -0.15) is 0 Å². The first kappa shape index (κ1) is 30.8. The topological polar surface area (TPSA) is 36.5 Å². The fourth-order valence-corrected chi connectivity index (χ4v) is 5.19. The predicted octanol–water partition coefficient (Wildman–Crippen LogP) is 4.25. The van der Waals surface area contributed by atoms with Gasteiger partial charge in [-0.25, -0.2) is 4.57 Å². The van der Waals surface area contributed by atoms with Gasteiger partial charge in [0.05, 0.1) is 31.9 Å². The highest BCUT2D eigenvalue weighted by Gasteiger charge is 2.20. The summed E-state index contributed by atoms with van der Waals surface area (Å²) >= 11 is 0. The van der Waals surface area contributed by atoms with Crippen molar-refractivity contribution < 1.29 is 35.8 Å². The Hall–Kier alpha value is -3.19. The van der Waals surface area contributed by atoms with Gasteiger partial charge in [0.1, 0.15) is 24.4 Å². The van der Waals surface area contributed by atoms with Crippen LogP contribution in [0.4, 0.5) is 0 Å². The Morgan fingerprint density at radius 1 is 0.756 bits per heavy atom. The number of hydrogen-bond donors (Lipinski definition) is 0. The van der Waals surface area contributed by atoms with Crippen LogP contribution in [0.5, 0.6) is 5.75 Å². The molecule has 6 heteroatoms. The molecule has 0 unspecified atom stereocenters. The molecular weight excluding hydrogens is 576 g/mol. The van der Waals surface area contributed by atoms with Gasteiger partial charge in [-0.15, -0.1) is 0 Å². The van der Waals surface area contributed by atoms with Crippen LogP contribution >= 0.6 is 0 Å². The van der Waals surface area contributed by atoms with Crippen LogP contribution in [-0.2, 0) is 35.8 Å². The Kier molecular flexibility index (Phi) is 11.4. The number of halogens is 1. The summed E-state index contributed by atoms with van der Waals surface area (Å²) in [5, 5.41) is 2.51. The fourth-order valence-electron chi connectivity index (χ4n) is 5.19. The third-order valence-electron chi connectivity index (χ3n) is 7.40. The Morgan fingerprint density at radius 2 is 1.41 bits per heavy atom. The number of fused-ring (bicyclic) bond motifs is 3. The molecule has 0 spiro atoms. The largest absolute Gasteiger partial charge is 1.00 e. The van der Waals surface area contributed by atoms with Crippen LogP contribution in [0, 0.1) is 12.8 Å². The lowest BCUT2D eigenvalue weighted by molar-refractivity contribution is -0.702. The van der Waals surface area contributed by atoms with Crippen molar-refractivity contribution >= 4 is 21.8 Å². The predicted molar refractivity (Wildman–Crippen MR) is 162 cm³/mol. The molecule has 0 aliphatic carbocycles. The summed E-state index contributed by atoms with van der Waals surface area (Å²) in [4.78, 5) is 0.